The Morgan fingerprint density at radius 3 is 2.57 bits per heavy atom. The van der Waals surface area contributed by atoms with Gasteiger partial charge in [0.1, 0.15) is 9.96 Å². The third-order valence-electron chi connectivity index (χ3n) is 4.97. The van der Waals surface area contributed by atoms with E-state index in [9.17, 15) is 13.2 Å². The van der Waals surface area contributed by atoms with E-state index in [0.717, 1.165) is 15.6 Å². The Hall–Kier alpha value is -2.46. The van der Waals surface area contributed by atoms with Gasteiger partial charge in [0, 0.05) is 28.9 Å². The van der Waals surface area contributed by atoms with Crippen LogP contribution in [0.1, 0.15) is 15.2 Å². The Morgan fingerprint density at radius 1 is 1.10 bits per heavy atom. The second-order valence-electron chi connectivity index (χ2n) is 6.78. The first-order valence-corrected chi connectivity index (χ1v) is 11.8. The lowest BCUT2D eigenvalue weighted by Crippen LogP contribution is -2.40. The van der Waals surface area contributed by atoms with Crippen molar-refractivity contribution in [3.05, 3.63) is 59.0 Å². The first-order chi connectivity index (χ1) is 14.5. The predicted octanol–water partition coefficient (Wildman–Crippen LogP) is 2.86. The van der Waals surface area contributed by atoms with Crippen LogP contribution in [0.4, 0.5) is 0 Å². The maximum Gasteiger partial charge on any atom is 0.252 e. The van der Waals surface area contributed by atoms with Gasteiger partial charge < -0.3 is 14.8 Å². The fourth-order valence-electron chi connectivity index (χ4n) is 3.42. The Balaban J connectivity index is 1.48. The average Bonchev–Trinajstić information content (AvgIpc) is 3.27. The van der Waals surface area contributed by atoms with E-state index >= 15 is 0 Å². The van der Waals surface area contributed by atoms with Gasteiger partial charge in [0.05, 0.1) is 26.9 Å². The molecule has 1 aromatic heterocycles. The zero-order valence-corrected chi connectivity index (χ0v) is 18.1. The van der Waals surface area contributed by atoms with Gasteiger partial charge >= 0.3 is 0 Å². The van der Waals surface area contributed by atoms with Crippen LogP contribution in [0.2, 0.25) is 0 Å². The molecule has 0 aliphatic carbocycles. The van der Waals surface area contributed by atoms with Crippen LogP contribution in [0.5, 0.6) is 5.75 Å². The highest BCUT2D eigenvalue weighted by atomic mass is 32.2. The van der Waals surface area contributed by atoms with Crippen molar-refractivity contribution in [2.75, 3.05) is 33.4 Å². The van der Waals surface area contributed by atoms with Crippen molar-refractivity contribution >= 4 is 38.0 Å². The molecule has 3 aromatic rings. The van der Waals surface area contributed by atoms with Crippen LogP contribution in [0, 0.1) is 0 Å². The van der Waals surface area contributed by atoms with Gasteiger partial charge in [0.2, 0.25) is 0 Å². The third kappa shape index (κ3) is 4.06. The number of nitrogens with zero attached hydrogens (tertiary/aromatic N) is 1. The van der Waals surface area contributed by atoms with E-state index in [4.69, 9.17) is 9.47 Å². The number of fused-ring (bicyclic) bond motifs is 1. The molecule has 1 amide bonds. The molecular formula is C21H22N2O5S2. The summed E-state index contributed by atoms with van der Waals surface area (Å²) in [6.45, 7) is 1.78. The van der Waals surface area contributed by atoms with Gasteiger partial charge in [-0.2, -0.15) is 4.31 Å². The van der Waals surface area contributed by atoms with Crippen molar-refractivity contribution < 1.29 is 22.7 Å². The lowest BCUT2D eigenvalue weighted by atomic mass is 10.0. The SMILES string of the molecule is COc1ccc(C(=O)NCc2ccc(S(=O)(=O)N3CCOCC3)s2)c2ccccc12. The summed E-state index contributed by atoms with van der Waals surface area (Å²) in [6, 6.07) is 14.4. The van der Waals surface area contributed by atoms with Crippen molar-refractivity contribution in [2.24, 2.45) is 0 Å². The molecule has 0 bridgehead atoms. The van der Waals surface area contributed by atoms with Crippen LogP contribution in [-0.2, 0) is 21.3 Å². The number of methoxy groups -OCH3 is 1. The minimum absolute atomic E-state index is 0.222. The number of ether oxygens (including phenoxy) is 2. The van der Waals surface area contributed by atoms with Crippen molar-refractivity contribution in [1.29, 1.82) is 0 Å². The van der Waals surface area contributed by atoms with E-state index in [-0.39, 0.29) is 16.7 Å². The Kier molecular flexibility index (Phi) is 6.05. The van der Waals surface area contributed by atoms with E-state index in [1.54, 1.807) is 31.4 Å². The number of hydrogen-bond acceptors (Lipinski definition) is 6. The molecule has 30 heavy (non-hydrogen) atoms. The summed E-state index contributed by atoms with van der Waals surface area (Å²) in [6.07, 6.45) is 0. The Labute approximate surface area is 179 Å². The van der Waals surface area contributed by atoms with Crippen molar-refractivity contribution in [1.82, 2.24) is 9.62 Å². The minimum Gasteiger partial charge on any atom is -0.496 e. The van der Waals surface area contributed by atoms with Crippen LogP contribution in [-0.4, -0.2) is 52.0 Å². The predicted molar refractivity (Wildman–Crippen MR) is 116 cm³/mol. The molecule has 7 nitrogen and oxygen atoms in total. The molecule has 0 radical (unpaired) electrons. The highest BCUT2D eigenvalue weighted by Crippen LogP contribution is 2.29. The number of amides is 1. The molecule has 1 N–H and O–H groups in total. The standard InChI is InChI=1S/C21H22N2O5S2/c1-27-19-8-7-18(16-4-2-3-5-17(16)19)21(24)22-14-15-6-9-20(29-15)30(25,26)23-10-12-28-13-11-23/h2-9H,10-14H2,1H3,(H,22,24). The summed E-state index contributed by atoms with van der Waals surface area (Å²) in [5, 5.41) is 4.56. The molecule has 1 aliphatic rings. The van der Waals surface area contributed by atoms with Gasteiger partial charge in [0.25, 0.3) is 15.9 Å². The lowest BCUT2D eigenvalue weighted by Gasteiger charge is -2.25. The summed E-state index contributed by atoms with van der Waals surface area (Å²) in [4.78, 5) is 13.6. The van der Waals surface area contributed by atoms with Gasteiger partial charge in [0.15, 0.2) is 0 Å². The molecule has 0 atom stereocenters. The first-order valence-electron chi connectivity index (χ1n) is 9.51. The van der Waals surface area contributed by atoms with Gasteiger partial charge in [-0.25, -0.2) is 8.42 Å². The highest BCUT2D eigenvalue weighted by molar-refractivity contribution is 7.91. The molecule has 4 rings (SSSR count). The smallest absolute Gasteiger partial charge is 0.252 e. The lowest BCUT2D eigenvalue weighted by molar-refractivity contribution is 0.0731. The average molecular weight is 447 g/mol. The number of rotatable bonds is 6. The van der Waals surface area contributed by atoms with Crippen LogP contribution >= 0.6 is 11.3 Å². The number of hydrogen-bond donors (Lipinski definition) is 1. The number of thiophene rings is 1. The van der Waals surface area contributed by atoms with Crippen LogP contribution in [0.3, 0.4) is 0 Å². The molecular weight excluding hydrogens is 424 g/mol. The number of morpholine rings is 1. The van der Waals surface area contributed by atoms with Crippen LogP contribution in [0.25, 0.3) is 10.8 Å². The summed E-state index contributed by atoms with van der Waals surface area (Å²) in [7, 11) is -1.93. The van der Waals surface area contributed by atoms with Crippen molar-refractivity contribution in [3.8, 4) is 5.75 Å². The Bertz CT molecular complexity index is 1170. The minimum atomic E-state index is -3.52. The van der Waals surface area contributed by atoms with E-state index < -0.39 is 10.0 Å². The van der Waals surface area contributed by atoms with Crippen LogP contribution < -0.4 is 10.1 Å². The second-order valence-corrected chi connectivity index (χ2v) is 10.1. The van der Waals surface area contributed by atoms with Gasteiger partial charge in [-0.15, -0.1) is 11.3 Å². The summed E-state index contributed by atoms with van der Waals surface area (Å²) >= 11 is 1.18. The van der Waals surface area contributed by atoms with E-state index in [1.165, 1.54) is 15.6 Å². The third-order valence-corrected chi connectivity index (χ3v) is 8.42. The fourth-order valence-corrected chi connectivity index (χ4v) is 6.27. The molecule has 1 fully saturated rings. The molecule has 158 valence electrons. The molecule has 9 heteroatoms. The van der Waals surface area contributed by atoms with E-state index in [2.05, 4.69) is 5.32 Å². The molecule has 2 heterocycles. The first kappa shape index (κ1) is 20.8. The van der Waals surface area contributed by atoms with Gasteiger partial charge in [-0.3, -0.25) is 4.79 Å². The second kappa shape index (κ2) is 8.73. The van der Waals surface area contributed by atoms with Gasteiger partial charge in [-0.05, 0) is 29.7 Å². The largest absolute Gasteiger partial charge is 0.496 e. The fraction of sp³-hybridized carbons (Fsp3) is 0.286. The normalized spacial score (nSPS) is 15.2. The maximum absolute atomic E-state index is 12.8. The maximum atomic E-state index is 12.8. The molecule has 0 saturated carbocycles. The van der Waals surface area contributed by atoms with Gasteiger partial charge in [-0.1, -0.05) is 24.3 Å². The zero-order valence-electron chi connectivity index (χ0n) is 16.5. The summed E-state index contributed by atoms with van der Waals surface area (Å²) < 4.78 is 37.8. The number of nitrogens with one attached hydrogen (secondary N) is 1. The Morgan fingerprint density at radius 2 is 1.83 bits per heavy atom. The number of carbonyl (C=O) groups is 1. The van der Waals surface area contributed by atoms with Crippen molar-refractivity contribution in [2.45, 2.75) is 10.8 Å². The molecule has 0 unspecified atom stereocenters. The highest BCUT2D eigenvalue weighted by Gasteiger charge is 2.27. The van der Waals surface area contributed by atoms with E-state index in [0.29, 0.717) is 37.6 Å². The molecule has 2 aromatic carbocycles. The molecule has 1 aliphatic heterocycles. The topological polar surface area (TPSA) is 84.9 Å². The quantitative estimate of drug-likeness (QED) is 0.629. The zero-order chi connectivity index (χ0) is 21.1. The van der Waals surface area contributed by atoms with Crippen molar-refractivity contribution in [3.63, 3.8) is 0 Å². The number of sulfonamides is 1. The number of carbonyl (C=O) groups excluding carboxylic acids is 1. The molecule has 0 spiro atoms. The number of benzene rings is 2. The monoisotopic (exact) mass is 446 g/mol. The summed E-state index contributed by atoms with van der Waals surface area (Å²) in [5.41, 5.74) is 0.545. The summed E-state index contributed by atoms with van der Waals surface area (Å²) in [5.74, 6) is 0.484. The van der Waals surface area contributed by atoms with E-state index in [1.807, 2.05) is 24.3 Å². The van der Waals surface area contributed by atoms with Crippen LogP contribution in [0.15, 0.2) is 52.7 Å². The molecule has 1 saturated heterocycles.